The zero-order valence-electron chi connectivity index (χ0n) is 31.3. The third-order valence-corrected chi connectivity index (χ3v) is 11.2. The van der Waals surface area contributed by atoms with E-state index in [-0.39, 0.29) is 36.1 Å². The van der Waals surface area contributed by atoms with E-state index < -0.39 is 64.6 Å². The number of halogens is 7. The van der Waals surface area contributed by atoms with E-state index in [0.717, 1.165) is 12.1 Å². The van der Waals surface area contributed by atoms with Gasteiger partial charge < -0.3 is 5.32 Å². The molecule has 2 aromatic heterocycles. The lowest BCUT2D eigenvalue weighted by molar-refractivity contribution is -0.140. The molecule has 0 spiro atoms. The van der Waals surface area contributed by atoms with Gasteiger partial charge in [0.05, 0.1) is 40.0 Å². The maximum absolute atomic E-state index is 15.3. The van der Waals surface area contributed by atoms with Gasteiger partial charge in [0.15, 0.2) is 0 Å². The number of pyridine rings is 1. The predicted octanol–water partition coefficient (Wildman–Crippen LogP) is 9.48. The van der Waals surface area contributed by atoms with Gasteiger partial charge in [0.2, 0.25) is 11.8 Å². The molecule has 0 saturated carbocycles. The first-order valence-corrected chi connectivity index (χ1v) is 18.6. The van der Waals surface area contributed by atoms with E-state index in [9.17, 15) is 35.9 Å². The summed E-state index contributed by atoms with van der Waals surface area (Å²) in [6.07, 6.45) is -5.18. The van der Waals surface area contributed by atoms with Gasteiger partial charge >= 0.3 is 6.18 Å². The molecule has 57 heavy (non-hydrogen) atoms. The van der Waals surface area contributed by atoms with Crippen LogP contribution < -0.4 is 10.6 Å². The van der Waals surface area contributed by atoms with Gasteiger partial charge in [0.1, 0.15) is 23.3 Å². The summed E-state index contributed by atoms with van der Waals surface area (Å²) in [5, 5.41) is 5.90. The Labute approximate surface area is 323 Å². The lowest BCUT2D eigenvalue weighted by atomic mass is 9.74. The Morgan fingerprint density at radius 2 is 1.72 bits per heavy atom. The highest BCUT2D eigenvalue weighted by atomic mass is 19.4. The summed E-state index contributed by atoms with van der Waals surface area (Å²) in [5.41, 5.74) is -0.491. The van der Waals surface area contributed by atoms with Crippen LogP contribution in [0.4, 0.5) is 36.6 Å². The Morgan fingerprint density at radius 1 is 0.982 bits per heavy atom. The number of anilines is 1. The first-order valence-electron chi connectivity index (χ1n) is 18.6. The Kier molecular flexibility index (Phi) is 10.8. The molecule has 2 aliphatic heterocycles. The van der Waals surface area contributed by atoms with Crippen molar-refractivity contribution in [3.8, 4) is 11.3 Å². The van der Waals surface area contributed by atoms with Crippen LogP contribution in [0, 0.1) is 18.6 Å². The first-order chi connectivity index (χ1) is 27.0. The molecule has 0 aliphatic carbocycles. The maximum Gasteiger partial charge on any atom is 0.416 e. The quantitative estimate of drug-likeness (QED) is 0.113. The van der Waals surface area contributed by atoms with Crippen LogP contribution in [0.3, 0.4) is 0 Å². The van der Waals surface area contributed by atoms with E-state index in [1.165, 1.54) is 30.5 Å². The summed E-state index contributed by atoms with van der Waals surface area (Å²) in [5.74, 6) is -2.22. The number of fused-ring (bicyclic) bond motifs is 1. The summed E-state index contributed by atoms with van der Waals surface area (Å²) in [7, 11) is 0. The van der Waals surface area contributed by atoms with Crippen molar-refractivity contribution < 1.29 is 40.3 Å². The molecule has 0 radical (unpaired) electrons. The van der Waals surface area contributed by atoms with Crippen molar-refractivity contribution in [3.05, 3.63) is 118 Å². The standard InChI is InChI=1S/C42H39F7N6O2/c1-22(28-5-4-6-30(37(28)44)38(45)46)51-39-31-19-34(50-20-35(31)52-23(2)53-39)25-7-10-33(43)26(17-25)21-55-15-12-24(13-16-55)29-9-8-27(18-32(29)42(47,48)49)41(3)14-11-36(56)54-40(41)57/h4-10,17-20,22,24,38H,11-16,21H2,1-3H3,(H,51,52,53)(H,54,56,57)/t22-,41-/m1/s1. The van der Waals surface area contributed by atoms with Crippen molar-refractivity contribution in [1.29, 1.82) is 0 Å². The number of piperidine rings is 2. The number of alkyl halides is 5. The highest BCUT2D eigenvalue weighted by molar-refractivity contribution is 6.03. The minimum absolute atomic E-state index is 0.0342. The van der Waals surface area contributed by atoms with Crippen LogP contribution in [0.5, 0.6) is 0 Å². The number of hydrogen-bond acceptors (Lipinski definition) is 7. The topological polar surface area (TPSA) is 100 Å². The molecule has 8 nitrogen and oxygen atoms in total. The van der Waals surface area contributed by atoms with Gasteiger partial charge in [-0.2, -0.15) is 13.2 Å². The molecule has 2 saturated heterocycles. The molecule has 0 unspecified atom stereocenters. The number of benzene rings is 3. The molecular formula is C42H39F7N6O2. The van der Waals surface area contributed by atoms with E-state index in [4.69, 9.17) is 0 Å². The SMILES string of the molecule is Cc1nc(N[C@H](C)c2cccc(C(F)F)c2F)c2cc(-c3ccc(F)c(CN4CCC(c5ccc([C@@]6(C)CCC(=O)NC6=O)cc5C(F)(F)F)CC4)c3)ncc2n1. The average molecular weight is 793 g/mol. The van der Waals surface area contributed by atoms with Crippen LogP contribution in [0.1, 0.15) is 97.1 Å². The van der Waals surface area contributed by atoms with Gasteiger partial charge in [-0.25, -0.2) is 27.5 Å². The molecule has 7 rings (SSSR count). The number of likely N-dealkylation sites (tertiary alicyclic amines) is 1. The van der Waals surface area contributed by atoms with E-state index in [0.29, 0.717) is 65.3 Å². The van der Waals surface area contributed by atoms with E-state index in [1.54, 1.807) is 45.0 Å². The molecule has 2 N–H and O–H groups in total. The van der Waals surface area contributed by atoms with Gasteiger partial charge in [0, 0.05) is 35.0 Å². The third-order valence-electron chi connectivity index (χ3n) is 11.2. The molecule has 15 heteroatoms. The van der Waals surface area contributed by atoms with Crippen molar-refractivity contribution in [2.45, 2.75) is 83.0 Å². The molecule has 4 heterocycles. The Morgan fingerprint density at radius 3 is 2.42 bits per heavy atom. The van der Waals surface area contributed by atoms with Crippen LogP contribution in [0.25, 0.3) is 22.2 Å². The smallest absolute Gasteiger partial charge is 0.363 e. The Bertz CT molecular complexity index is 2360. The highest BCUT2D eigenvalue weighted by Crippen LogP contribution is 2.43. The van der Waals surface area contributed by atoms with Crippen molar-refractivity contribution in [1.82, 2.24) is 25.2 Å². The van der Waals surface area contributed by atoms with E-state index in [2.05, 4.69) is 25.6 Å². The number of aryl methyl sites for hydroxylation is 1. The molecule has 2 aliphatic rings. The number of hydrogen-bond donors (Lipinski definition) is 2. The summed E-state index contributed by atoms with van der Waals surface area (Å²) in [6, 6.07) is 13.4. The predicted molar refractivity (Wildman–Crippen MR) is 199 cm³/mol. The summed E-state index contributed by atoms with van der Waals surface area (Å²) < 4.78 is 100. The van der Waals surface area contributed by atoms with Crippen molar-refractivity contribution in [3.63, 3.8) is 0 Å². The van der Waals surface area contributed by atoms with Crippen LogP contribution >= 0.6 is 0 Å². The van der Waals surface area contributed by atoms with Gasteiger partial charge in [0.25, 0.3) is 6.43 Å². The molecule has 3 aromatic carbocycles. The minimum Gasteiger partial charge on any atom is -0.363 e. The second kappa shape index (κ2) is 15.5. The fraction of sp³-hybridized carbons (Fsp3) is 0.357. The average Bonchev–Trinajstić information content (AvgIpc) is 3.17. The number of carbonyl (C=O) groups excluding carboxylic acids is 2. The lowest BCUT2D eigenvalue weighted by Crippen LogP contribution is -2.49. The molecule has 5 aromatic rings. The first kappa shape index (κ1) is 39.8. The lowest BCUT2D eigenvalue weighted by Gasteiger charge is -2.35. The monoisotopic (exact) mass is 792 g/mol. The van der Waals surface area contributed by atoms with Crippen molar-refractivity contribution in [2.75, 3.05) is 18.4 Å². The van der Waals surface area contributed by atoms with E-state index >= 15 is 4.39 Å². The zero-order chi connectivity index (χ0) is 40.8. The van der Waals surface area contributed by atoms with Gasteiger partial charge in [-0.05, 0) is 100 Å². The van der Waals surface area contributed by atoms with Gasteiger partial charge in [-0.3, -0.25) is 24.8 Å². The van der Waals surface area contributed by atoms with Gasteiger partial charge in [-0.1, -0.05) is 30.3 Å². The highest BCUT2D eigenvalue weighted by Gasteiger charge is 2.43. The largest absolute Gasteiger partial charge is 0.416 e. The van der Waals surface area contributed by atoms with Gasteiger partial charge in [-0.15, -0.1) is 0 Å². The molecule has 2 fully saturated rings. The number of imide groups is 1. The minimum atomic E-state index is -4.67. The molecule has 2 atom stereocenters. The molecular weight excluding hydrogens is 753 g/mol. The van der Waals surface area contributed by atoms with Crippen LogP contribution in [0.2, 0.25) is 0 Å². The number of amides is 2. The second-order valence-electron chi connectivity index (χ2n) is 15.0. The summed E-state index contributed by atoms with van der Waals surface area (Å²) in [6.45, 7) is 5.87. The Hall–Kier alpha value is -5.44. The number of rotatable bonds is 9. The maximum atomic E-state index is 15.3. The third kappa shape index (κ3) is 8.07. The second-order valence-corrected chi connectivity index (χ2v) is 15.0. The Balaban J connectivity index is 1.08. The van der Waals surface area contributed by atoms with Crippen LogP contribution in [-0.2, 0) is 27.7 Å². The normalized spacial score (nSPS) is 18.9. The summed E-state index contributed by atoms with van der Waals surface area (Å²) >= 11 is 0. The van der Waals surface area contributed by atoms with Crippen molar-refractivity contribution in [2.24, 2.45) is 0 Å². The number of carbonyl (C=O) groups is 2. The fourth-order valence-corrected chi connectivity index (χ4v) is 7.85. The summed E-state index contributed by atoms with van der Waals surface area (Å²) in [4.78, 5) is 39.9. The molecule has 298 valence electrons. The van der Waals surface area contributed by atoms with E-state index in [1.807, 2.05) is 4.90 Å². The number of aromatic nitrogens is 3. The zero-order valence-corrected chi connectivity index (χ0v) is 31.3. The molecule has 0 bridgehead atoms. The number of nitrogens with one attached hydrogen (secondary N) is 2. The number of nitrogens with zero attached hydrogens (tertiary/aromatic N) is 4. The van der Waals surface area contributed by atoms with Crippen LogP contribution in [0.15, 0.2) is 66.9 Å². The molecule has 2 amide bonds. The fourth-order valence-electron chi connectivity index (χ4n) is 7.85. The van der Waals surface area contributed by atoms with Crippen LogP contribution in [-0.4, -0.2) is 44.8 Å². The van der Waals surface area contributed by atoms with Crippen molar-refractivity contribution >= 4 is 28.5 Å².